The van der Waals surface area contributed by atoms with Crippen LogP contribution < -0.4 is 26.2 Å². The lowest BCUT2D eigenvalue weighted by Gasteiger charge is -2.12. The molecular formula is C22H26N4O4S. The molecule has 31 heavy (non-hydrogen) atoms. The molecule has 0 spiro atoms. The summed E-state index contributed by atoms with van der Waals surface area (Å²) in [5.41, 5.74) is 6.25. The van der Waals surface area contributed by atoms with E-state index in [9.17, 15) is 14.4 Å². The summed E-state index contributed by atoms with van der Waals surface area (Å²) < 4.78 is 5.58. The fraction of sp³-hybridized carbons (Fsp3) is 0.273. The SMILES string of the molecule is CCC(=O)Nc1ccc(C(=O)NNC(=S)NC(=O)c2ccc(OCC(C)C)cc2)cc1. The second kappa shape index (κ2) is 11.7. The minimum atomic E-state index is -0.448. The van der Waals surface area contributed by atoms with Crippen molar-refractivity contribution in [3.63, 3.8) is 0 Å². The fourth-order valence-corrected chi connectivity index (χ4v) is 2.46. The summed E-state index contributed by atoms with van der Waals surface area (Å²) in [4.78, 5) is 35.8. The maximum absolute atomic E-state index is 12.3. The summed E-state index contributed by atoms with van der Waals surface area (Å²) >= 11 is 5.05. The average molecular weight is 443 g/mol. The van der Waals surface area contributed by atoms with Crippen molar-refractivity contribution in [2.75, 3.05) is 11.9 Å². The Morgan fingerprint density at radius 2 is 1.48 bits per heavy atom. The van der Waals surface area contributed by atoms with Crippen LogP contribution in [0.5, 0.6) is 5.75 Å². The van der Waals surface area contributed by atoms with Crippen molar-refractivity contribution < 1.29 is 19.1 Å². The van der Waals surface area contributed by atoms with E-state index in [1.165, 1.54) is 0 Å². The van der Waals surface area contributed by atoms with Crippen LogP contribution in [0.1, 0.15) is 47.9 Å². The molecule has 0 aromatic heterocycles. The number of nitrogens with one attached hydrogen (secondary N) is 4. The van der Waals surface area contributed by atoms with E-state index in [2.05, 4.69) is 35.3 Å². The summed E-state index contributed by atoms with van der Waals surface area (Å²) in [6.45, 7) is 6.45. The molecule has 0 bridgehead atoms. The molecule has 0 aliphatic carbocycles. The smallest absolute Gasteiger partial charge is 0.269 e. The van der Waals surface area contributed by atoms with Crippen LogP contribution in [0.4, 0.5) is 5.69 Å². The van der Waals surface area contributed by atoms with E-state index in [0.717, 1.165) is 0 Å². The number of rotatable bonds is 7. The van der Waals surface area contributed by atoms with Crippen LogP contribution in [-0.2, 0) is 4.79 Å². The van der Waals surface area contributed by atoms with Crippen molar-refractivity contribution in [1.29, 1.82) is 0 Å². The van der Waals surface area contributed by atoms with Crippen molar-refractivity contribution in [3.05, 3.63) is 59.7 Å². The van der Waals surface area contributed by atoms with Gasteiger partial charge >= 0.3 is 0 Å². The first-order valence-electron chi connectivity index (χ1n) is 9.83. The second-order valence-electron chi connectivity index (χ2n) is 7.07. The normalized spacial score (nSPS) is 10.2. The summed E-state index contributed by atoms with van der Waals surface area (Å²) in [5.74, 6) is 0.104. The number of benzene rings is 2. The minimum absolute atomic E-state index is 0.0506. The number of hydrogen-bond acceptors (Lipinski definition) is 5. The standard InChI is InChI=1S/C22H26N4O4S/c1-4-19(27)23-17-9-5-16(6-10-17)21(29)25-26-22(31)24-20(28)15-7-11-18(12-8-15)30-13-14(2)3/h5-12,14H,4,13H2,1-3H3,(H,23,27)(H,25,29)(H2,24,26,28,31). The molecule has 2 rings (SSSR count). The van der Waals surface area contributed by atoms with Crippen molar-refractivity contribution in [2.45, 2.75) is 27.2 Å². The molecule has 0 unspecified atom stereocenters. The molecule has 2 aromatic rings. The molecule has 0 saturated carbocycles. The Morgan fingerprint density at radius 3 is 2.06 bits per heavy atom. The molecule has 164 valence electrons. The molecule has 9 heteroatoms. The van der Waals surface area contributed by atoms with E-state index < -0.39 is 11.8 Å². The maximum Gasteiger partial charge on any atom is 0.269 e. The summed E-state index contributed by atoms with van der Waals surface area (Å²) in [7, 11) is 0. The predicted octanol–water partition coefficient (Wildman–Crippen LogP) is 3.02. The lowest BCUT2D eigenvalue weighted by molar-refractivity contribution is -0.115. The summed E-state index contributed by atoms with van der Waals surface area (Å²) in [6, 6.07) is 13.0. The number of anilines is 1. The van der Waals surface area contributed by atoms with Gasteiger partial charge in [-0.15, -0.1) is 0 Å². The highest BCUT2D eigenvalue weighted by atomic mass is 32.1. The molecule has 0 radical (unpaired) electrons. The number of carbonyl (C=O) groups is 3. The largest absolute Gasteiger partial charge is 0.493 e. The Balaban J connectivity index is 1.80. The van der Waals surface area contributed by atoms with E-state index in [1.54, 1.807) is 55.5 Å². The van der Waals surface area contributed by atoms with Crippen LogP contribution in [0, 0.1) is 5.92 Å². The third-order valence-electron chi connectivity index (χ3n) is 3.97. The van der Waals surface area contributed by atoms with Gasteiger partial charge in [0.2, 0.25) is 5.91 Å². The molecule has 0 fully saturated rings. The highest BCUT2D eigenvalue weighted by molar-refractivity contribution is 7.80. The zero-order chi connectivity index (χ0) is 22.8. The Morgan fingerprint density at radius 1 is 0.903 bits per heavy atom. The first kappa shape index (κ1) is 23.8. The zero-order valence-electron chi connectivity index (χ0n) is 17.7. The van der Waals surface area contributed by atoms with Gasteiger partial charge in [-0.3, -0.25) is 30.6 Å². The fourth-order valence-electron chi connectivity index (χ4n) is 2.31. The highest BCUT2D eigenvalue weighted by Gasteiger charge is 2.10. The first-order chi connectivity index (χ1) is 14.8. The number of carbonyl (C=O) groups excluding carboxylic acids is 3. The molecule has 0 atom stereocenters. The molecule has 0 saturated heterocycles. The van der Waals surface area contributed by atoms with E-state index in [-0.39, 0.29) is 11.0 Å². The van der Waals surface area contributed by atoms with Gasteiger partial charge in [0.05, 0.1) is 6.61 Å². The van der Waals surface area contributed by atoms with Gasteiger partial charge in [-0.25, -0.2) is 0 Å². The molecular weight excluding hydrogens is 416 g/mol. The topological polar surface area (TPSA) is 109 Å². The van der Waals surface area contributed by atoms with Gasteiger partial charge in [-0.1, -0.05) is 20.8 Å². The molecule has 4 N–H and O–H groups in total. The second-order valence-corrected chi connectivity index (χ2v) is 7.48. The van der Waals surface area contributed by atoms with Crippen LogP contribution in [-0.4, -0.2) is 29.4 Å². The molecule has 2 aromatic carbocycles. The first-order valence-corrected chi connectivity index (χ1v) is 10.2. The van der Waals surface area contributed by atoms with Gasteiger partial charge in [0.25, 0.3) is 11.8 Å². The van der Waals surface area contributed by atoms with Crippen LogP contribution in [0.3, 0.4) is 0 Å². The summed E-state index contributed by atoms with van der Waals surface area (Å²) in [5, 5.41) is 5.14. The maximum atomic E-state index is 12.3. The van der Waals surface area contributed by atoms with Gasteiger partial charge < -0.3 is 10.1 Å². The third-order valence-corrected chi connectivity index (χ3v) is 4.17. The zero-order valence-corrected chi connectivity index (χ0v) is 18.5. The molecule has 0 heterocycles. The van der Waals surface area contributed by atoms with E-state index >= 15 is 0 Å². The Bertz CT molecular complexity index is 928. The number of hydrogen-bond donors (Lipinski definition) is 4. The molecule has 0 aliphatic heterocycles. The summed E-state index contributed by atoms with van der Waals surface area (Å²) in [6.07, 6.45) is 0.366. The molecule has 8 nitrogen and oxygen atoms in total. The Kier molecular flexibility index (Phi) is 8.95. The van der Waals surface area contributed by atoms with Crippen LogP contribution >= 0.6 is 12.2 Å². The number of hydrazine groups is 1. The van der Waals surface area contributed by atoms with Crippen molar-refractivity contribution >= 4 is 40.7 Å². The lowest BCUT2D eigenvalue weighted by atomic mass is 10.2. The highest BCUT2D eigenvalue weighted by Crippen LogP contribution is 2.13. The van der Waals surface area contributed by atoms with E-state index in [4.69, 9.17) is 17.0 Å². The Hall–Kier alpha value is -3.46. The number of amides is 3. The van der Waals surface area contributed by atoms with Crippen LogP contribution in [0.15, 0.2) is 48.5 Å². The monoisotopic (exact) mass is 442 g/mol. The molecule has 0 aliphatic rings. The van der Waals surface area contributed by atoms with Gasteiger partial charge in [0.15, 0.2) is 5.11 Å². The van der Waals surface area contributed by atoms with Crippen molar-refractivity contribution in [1.82, 2.24) is 16.2 Å². The van der Waals surface area contributed by atoms with Crippen molar-refractivity contribution in [2.24, 2.45) is 5.92 Å². The number of ether oxygens (including phenoxy) is 1. The van der Waals surface area contributed by atoms with Crippen molar-refractivity contribution in [3.8, 4) is 5.75 Å². The van der Waals surface area contributed by atoms with Crippen LogP contribution in [0.2, 0.25) is 0 Å². The third kappa shape index (κ3) is 8.06. The van der Waals surface area contributed by atoms with Crippen LogP contribution in [0.25, 0.3) is 0 Å². The Labute approximate surface area is 186 Å². The quantitative estimate of drug-likeness (QED) is 0.388. The van der Waals surface area contributed by atoms with Gasteiger partial charge in [0.1, 0.15) is 5.75 Å². The number of thiocarbonyl (C=S) groups is 1. The minimum Gasteiger partial charge on any atom is -0.493 e. The predicted molar refractivity (Wildman–Crippen MR) is 123 cm³/mol. The lowest BCUT2D eigenvalue weighted by Crippen LogP contribution is -2.48. The van der Waals surface area contributed by atoms with Gasteiger partial charge in [-0.05, 0) is 66.7 Å². The molecule has 3 amide bonds. The van der Waals surface area contributed by atoms with E-state index in [0.29, 0.717) is 41.5 Å². The average Bonchev–Trinajstić information content (AvgIpc) is 2.76. The van der Waals surface area contributed by atoms with Gasteiger partial charge in [-0.2, -0.15) is 0 Å². The van der Waals surface area contributed by atoms with Gasteiger partial charge in [0, 0.05) is 23.2 Å². The van der Waals surface area contributed by atoms with E-state index in [1.807, 2.05) is 0 Å².